The molecule has 0 aromatic carbocycles. The molecule has 0 heterocycles. The van der Waals surface area contributed by atoms with Gasteiger partial charge in [-0.25, -0.2) is 0 Å². The maximum atomic E-state index is 2.25. The molecule has 0 saturated carbocycles. The summed E-state index contributed by atoms with van der Waals surface area (Å²) >= 11 is 0. The maximum absolute atomic E-state index is 2.25. The first-order valence-electron chi connectivity index (χ1n) is 5.03. The lowest BCUT2D eigenvalue weighted by Crippen LogP contribution is -1.88. The van der Waals surface area contributed by atoms with Gasteiger partial charge in [0, 0.05) is 0 Å². The van der Waals surface area contributed by atoms with Gasteiger partial charge in [-0.15, -0.1) is 0 Å². The van der Waals surface area contributed by atoms with Crippen LogP contribution < -0.4 is 0 Å². The standard InChI is InChI=1S/C13H22/c1-6-13(10-12(4)5)9-7-8-11(2)3/h6-9,12H,10H2,1-5H3. The first-order valence-corrected chi connectivity index (χ1v) is 5.03. The maximum Gasteiger partial charge on any atom is -0.0259 e. The average molecular weight is 178 g/mol. The van der Waals surface area contributed by atoms with Crippen molar-refractivity contribution in [2.45, 2.75) is 41.0 Å². The molecule has 0 radical (unpaired) electrons. The van der Waals surface area contributed by atoms with E-state index in [2.05, 4.69) is 58.9 Å². The highest BCUT2D eigenvalue weighted by Crippen LogP contribution is 2.11. The van der Waals surface area contributed by atoms with Gasteiger partial charge < -0.3 is 0 Å². The Morgan fingerprint density at radius 1 is 1.23 bits per heavy atom. The topological polar surface area (TPSA) is 0 Å². The van der Waals surface area contributed by atoms with Crippen LogP contribution in [0, 0.1) is 5.92 Å². The van der Waals surface area contributed by atoms with Gasteiger partial charge in [0.2, 0.25) is 0 Å². The second-order valence-corrected chi connectivity index (χ2v) is 4.06. The minimum Gasteiger partial charge on any atom is -0.0844 e. The highest BCUT2D eigenvalue weighted by molar-refractivity contribution is 5.23. The molecule has 13 heavy (non-hydrogen) atoms. The van der Waals surface area contributed by atoms with Crippen LogP contribution in [-0.4, -0.2) is 0 Å². The normalized spacial score (nSPS) is 12.6. The minimum absolute atomic E-state index is 0.738. The van der Waals surface area contributed by atoms with Gasteiger partial charge in [0.25, 0.3) is 0 Å². The van der Waals surface area contributed by atoms with E-state index in [1.165, 1.54) is 17.6 Å². The van der Waals surface area contributed by atoms with E-state index >= 15 is 0 Å². The lowest BCUT2D eigenvalue weighted by molar-refractivity contribution is 0.649. The molecule has 0 aliphatic carbocycles. The largest absolute Gasteiger partial charge is 0.0844 e. The summed E-state index contributed by atoms with van der Waals surface area (Å²) in [7, 11) is 0. The SMILES string of the molecule is CC=C(C=CC=C(C)C)CC(C)C. The zero-order valence-corrected chi connectivity index (χ0v) is 9.59. The van der Waals surface area contributed by atoms with Crippen molar-refractivity contribution in [1.29, 1.82) is 0 Å². The van der Waals surface area contributed by atoms with Gasteiger partial charge in [0.05, 0.1) is 0 Å². The molecule has 0 aliphatic heterocycles. The predicted molar refractivity (Wildman–Crippen MR) is 61.8 cm³/mol. The Kier molecular flexibility index (Phi) is 6.30. The molecule has 0 rings (SSSR count). The summed E-state index contributed by atoms with van der Waals surface area (Å²) in [5.41, 5.74) is 2.77. The van der Waals surface area contributed by atoms with Gasteiger partial charge in [0.1, 0.15) is 0 Å². The van der Waals surface area contributed by atoms with E-state index in [0.717, 1.165) is 5.92 Å². The zero-order valence-electron chi connectivity index (χ0n) is 9.59. The molecule has 0 aromatic rings. The van der Waals surface area contributed by atoms with Crippen molar-refractivity contribution in [2.75, 3.05) is 0 Å². The third-order valence-corrected chi connectivity index (χ3v) is 1.75. The van der Waals surface area contributed by atoms with Crippen molar-refractivity contribution >= 4 is 0 Å². The monoisotopic (exact) mass is 178 g/mol. The highest BCUT2D eigenvalue weighted by Gasteiger charge is 1.95. The van der Waals surface area contributed by atoms with Gasteiger partial charge in [0.15, 0.2) is 0 Å². The van der Waals surface area contributed by atoms with Crippen molar-refractivity contribution in [2.24, 2.45) is 5.92 Å². The van der Waals surface area contributed by atoms with E-state index in [-0.39, 0.29) is 0 Å². The van der Waals surface area contributed by atoms with Crippen LogP contribution in [0.2, 0.25) is 0 Å². The van der Waals surface area contributed by atoms with E-state index in [1.807, 2.05) is 0 Å². The Bertz CT molecular complexity index is 210. The lowest BCUT2D eigenvalue weighted by atomic mass is 10.0. The van der Waals surface area contributed by atoms with Gasteiger partial charge in [-0.05, 0) is 33.1 Å². The quantitative estimate of drug-likeness (QED) is 0.556. The van der Waals surface area contributed by atoms with Crippen molar-refractivity contribution in [3.63, 3.8) is 0 Å². The molecule has 0 N–H and O–H groups in total. The molecular formula is C13H22. The van der Waals surface area contributed by atoms with Crippen LogP contribution in [0.15, 0.2) is 35.5 Å². The van der Waals surface area contributed by atoms with Gasteiger partial charge in [-0.3, -0.25) is 0 Å². The summed E-state index contributed by atoms with van der Waals surface area (Å²) in [5, 5.41) is 0. The van der Waals surface area contributed by atoms with Crippen LogP contribution in [0.25, 0.3) is 0 Å². The lowest BCUT2D eigenvalue weighted by Gasteiger charge is -2.04. The molecule has 0 atom stereocenters. The van der Waals surface area contributed by atoms with Crippen molar-refractivity contribution in [3.8, 4) is 0 Å². The third kappa shape index (κ3) is 7.58. The second-order valence-electron chi connectivity index (χ2n) is 4.06. The summed E-state index contributed by atoms with van der Waals surface area (Å²) in [6, 6.07) is 0. The predicted octanol–water partition coefficient (Wildman–Crippen LogP) is 4.50. The molecule has 74 valence electrons. The Morgan fingerprint density at radius 3 is 2.23 bits per heavy atom. The zero-order chi connectivity index (χ0) is 10.3. The van der Waals surface area contributed by atoms with E-state index in [0.29, 0.717) is 0 Å². The fraction of sp³-hybridized carbons (Fsp3) is 0.538. The van der Waals surface area contributed by atoms with Crippen molar-refractivity contribution in [1.82, 2.24) is 0 Å². The Balaban J connectivity index is 4.15. The summed E-state index contributed by atoms with van der Waals surface area (Å²) < 4.78 is 0. The average Bonchev–Trinajstić information content (AvgIpc) is 2.01. The van der Waals surface area contributed by atoms with Crippen molar-refractivity contribution in [3.05, 3.63) is 35.5 Å². The molecular weight excluding hydrogens is 156 g/mol. The molecule has 0 aliphatic rings. The van der Waals surface area contributed by atoms with Crippen LogP contribution >= 0.6 is 0 Å². The van der Waals surface area contributed by atoms with Crippen LogP contribution in [0.5, 0.6) is 0 Å². The fourth-order valence-electron chi connectivity index (χ4n) is 1.12. The van der Waals surface area contributed by atoms with Crippen LogP contribution in [0.4, 0.5) is 0 Å². The molecule has 0 aromatic heterocycles. The number of allylic oxidation sites excluding steroid dienone is 6. The fourth-order valence-corrected chi connectivity index (χ4v) is 1.12. The highest BCUT2D eigenvalue weighted by atomic mass is 14.0. The van der Waals surface area contributed by atoms with E-state index < -0.39 is 0 Å². The van der Waals surface area contributed by atoms with Gasteiger partial charge >= 0.3 is 0 Å². The number of hydrogen-bond donors (Lipinski definition) is 0. The van der Waals surface area contributed by atoms with Crippen LogP contribution in [-0.2, 0) is 0 Å². The molecule has 0 unspecified atom stereocenters. The Labute approximate surface area is 83.0 Å². The van der Waals surface area contributed by atoms with E-state index in [9.17, 15) is 0 Å². The summed E-state index contributed by atoms with van der Waals surface area (Å²) in [4.78, 5) is 0. The summed E-state index contributed by atoms with van der Waals surface area (Å²) in [6.45, 7) is 10.8. The molecule has 0 spiro atoms. The molecule has 0 amide bonds. The minimum atomic E-state index is 0.738. The number of hydrogen-bond acceptors (Lipinski definition) is 0. The molecule has 0 bridgehead atoms. The summed E-state index contributed by atoms with van der Waals surface area (Å²) in [5.74, 6) is 0.738. The van der Waals surface area contributed by atoms with Gasteiger partial charge in [-0.1, -0.05) is 49.3 Å². The van der Waals surface area contributed by atoms with E-state index in [4.69, 9.17) is 0 Å². The first kappa shape index (κ1) is 12.2. The van der Waals surface area contributed by atoms with Crippen LogP contribution in [0.3, 0.4) is 0 Å². The molecule has 0 nitrogen and oxygen atoms in total. The first-order chi connectivity index (χ1) is 6.06. The van der Waals surface area contributed by atoms with Crippen LogP contribution in [0.1, 0.15) is 41.0 Å². The molecule has 0 fully saturated rings. The Hall–Kier alpha value is -0.780. The molecule has 0 saturated heterocycles. The Morgan fingerprint density at radius 2 is 1.85 bits per heavy atom. The second kappa shape index (κ2) is 6.71. The van der Waals surface area contributed by atoms with Crippen molar-refractivity contribution < 1.29 is 0 Å². The van der Waals surface area contributed by atoms with Gasteiger partial charge in [-0.2, -0.15) is 0 Å². The third-order valence-electron chi connectivity index (χ3n) is 1.75. The number of rotatable bonds is 4. The summed E-state index contributed by atoms with van der Waals surface area (Å²) in [6.07, 6.45) is 9.84. The smallest absolute Gasteiger partial charge is 0.0259 e. The molecule has 0 heteroatoms. The van der Waals surface area contributed by atoms with E-state index in [1.54, 1.807) is 0 Å².